The molecule has 0 spiro atoms. The van der Waals surface area contributed by atoms with Crippen LogP contribution in [0.1, 0.15) is 24.5 Å². The second kappa shape index (κ2) is 5.93. The molecule has 1 saturated heterocycles. The van der Waals surface area contributed by atoms with Gasteiger partial charge in [0, 0.05) is 29.9 Å². The molecule has 4 rings (SSSR count). The molecule has 2 aliphatic rings. The number of nitrogens with zero attached hydrogens (tertiary/aromatic N) is 1. The van der Waals surface area contributed by atoms with Crippen LogP contribution in [0.15, 0.2) is 46.5 Å². The maximum Gasteiger partial charge on any atom is 0.417 e. The maximum atomic E-state index is 12.9. The Balaban J connectivity index is 1.75. The van der Waals surface area contributed by atoms with Crippen LogP contribution in [-0.4, -0.2) is 32.6 Å². The summed E-state index contributed by atoms with van der Waals surface area (Å²) in [6.45, 7) is 3.58. The van der Waals surface area contributed by atoms with Gasteiger partial charge in [-0.05, 0) is 31.2 Å². The Labute approximate surface area is 154 Å². The number of hydrogen-bond acceptors (Lipinski definition) is 5. The Morgan fingerprint density at radius 1 is 1.22 bits per heavy atom. The number of hydrogen-bond donors (Lipinski definition) is 1. The number of rotatable bonds is 2. The average molecular weight is 398 g/mol. The largest absolute Gasteiger partial charge is 0.488 e. The van der Waals surface area contributed by atoms with Crippen molar-refractivity contribution in [2.75, 3.05) is 13.1 Å². The SMILES string of the molecule is CC12CCNCC1Oc1cc(S(=O)(=O)c3cncc(C(F)(F)F)c3)ccc12. The van der Waals surface area contributed by atoms with E-state index in [4.69, 9.17) is 4.74 Å². The van der Waals surface area contributed by atoms with Gasteiger partial charge in [-0.3, -0.25) is 4.98 Å². The molecule has 2 aliphatic heterocycles. The third-order valence-electron chi connectivity index (χ3n) is 5.36. The molecule has 0 radical (unpaired) electrons. The van der Waals surface area contributed by atoms with Gasteiger partial charge in [0.2, 0.25) is 9.84 Å². The highest BCUT2D eigenvalue weighted by molar-refractivity contribution is 7.91. The lowest BCUT2D eigenvalue weighted by Gasteiger charge is -2.35. The number of benzene rings is 1. The standard InChI is InChI=1S/C18H17F3N2O3S/c1-17-4-5-22-10-16(17)26-15-7-12(2-3-14(15)17)27(24,25)13-6-11(8-23-9-13)18(19,20)21/h2-3,6-9,16,22H,4-5,10H2,1H3. The molecule has 3 heterocycles. The number of aromatic nitrogens is 1. The highest BCUT2D eigenvalue weighted by Gasteiger charge is 2.47. The first-order chi connectivity index (χ1) is 12.6. The van der Waals surface area contributed by atoms with Crippen molar-refractivity contribution in [3.05, 3.63) is 47.8 Å². The normalized spacial score (nSPS) is 24.8. The number of halogens is 3. The summed E-state index contributed by atoms with van der Waals surface area (Å²) in [5, 5.41) is 3.25. The number of nitrogens with one attached hydrogen (secondary N) is 1. The summed E-state index contributed by atoms with van der Waals surface area (Å²) in [4.78, 5) is 2.83. The van der Waals surface area contributed by atoms with Crippen molar-refractivity contribution in [3.8, 4) is 5.75 Å². The Kier molecular flexibility index (Phi) is 4.01. The van der Waals surface area contributed by atoms with E-state index >= 15 is 0 Å². The van der Waals surface area contributed by atoms with Gasteiger partial charge >= 0.3 is 6.18 Å². The Morgan fingerprint density at radius 2 is 2.00 bits per heavy atom. The van der Waals surface area contributed by atoms with E-state index in [1.54, 1.807) is 6.07 Å². The first kappa shape index (κ1) is 18.2. The molecule has 0 bridgehead atoms. The molecule has 2 aromatic rings. The van der Waals surface area contributed by atoms with Crippen molar-refractivity contribution in [3.63, 3.8) is 0 Å². The fourth-order valence-electron chi connectivity index (χ4n) is 3.70. The van der Waals surface area contributed by atoms with Crippen LogP contribution in [0.4, 0.5) is 13.2 Å². The molecule has 1 aromatic carbocycles. The van der Waals surface area contributed by atoms with Crippen LogP contribution >= 0.6 is 0 Å². The summed E-state index contributed by atoms with van der Waals surface area (Å²) < 4.78 is 70.3. The fraction of sp³-hybridized carbons (Fsp3) is 0.389. The van der Waals surface area contributed by atoms with E-state index in [1.165, 1.54) is 12.1 Å². The topological polar surface area (TPSA) is 68.3 Å². The van der Waals surface area contributed by atoms with Gasteiger partial charge in [0.15, 0.2) is 0 Å². The molecule has 1 N–H and O–H groups in total. The summed E-state index contributed by atoms with van der Waals surface area (Å²) in [5.74, 6) is 0.465. The number of pyridine rings is 1. The van der Waals surface area contributed by atoms with Crippen LogP contribution in [0, 0.1) is 0 Å². The second-order valence-corrected chi connectivity index (χ2v) is 9.00. The van der Waals surface area contributed by atoms with Crippen LogP contribution in [-0.2, 0) is 21.4 Å². The number of sulfone groups is 1. The monoisotopic (exact) mass is 398 g/mol. The van der Waals surface area contributed by atoms with E-state index < -0.39 is 26.5 Å². The lowest BCUT2D eigenvalue weighted by Crippen LogP contribution is -2.49. The van der Waals surface area contributed by atoms with Crippen LogP contribution in [0.25, 0.3) is 0 Å². The minimum Gasteiger partial charge on any atom is -0.488 e. The summed E-state index contributed by atoms with van der Waals surface area (Å²) in [6, 6.07) is 5.12. The predicted molar refractivity (Wildman–Crippen MR) is 90.4 cm³/mol. The second-order valence-electron chi connectivity index (χ2n) is 7.05. The molecule has 2 unspecified atom stereocenters. The lowest BCUT2D eigenvalue weighted by molar-refractivity contribution is -0.138. The molecule has 5 nitrogen and oxygen atoms in total. The average Bonchev–Trinajstić information content (AvgIpc) is 2.93. The van der Waals surface area contributed by atoms with Crippen LogP contribution in [0.3, 0.4) is 0 Å². The van der Waals surface area contributed by atoms with E-state index in [-0.39, 0.29) is 16.4 Å². The minimum atomic E-state index is -4.67. The number of alkyl halides is 3. The number of piperidine rings is 1. The van der Waals surface area contributed by atoms with Gasteiger partial charge in [0.25, 0.3) is 0 Å². The third-order valence-corrected chi connectivity index (χ3v) is 7.08. The van der Waals surface area contributed by atoms with Gasteiger partial charge in [-0.1, -0.05) is 13.0 Å². The molecule has 144 valence electrons. The van der Waals surface area contributed by atoms with Gasteiger partial charge < -0.3 is 10.1 Å². The van der Waals surface area contributed by atoms with E-state index in [0.29, 0.717) is 24.6 Å². The van der Waals surface area contributed by atoms with Crippen LogP contribution in [0.5, 0.6) is 5.75 Å². The van der Waals surface area contributed by atoms with Gasteiger partial charge in [-0.2, -0.15) is 13.2 Å². The van der Waals surface area contributed by atoms with E-state index in [2.05, 4.69) is 17.2 Å². The molecule has 0 aliphatic carbocycles. The fourth-order valence-corrected chi connectivity index (χ4v) is 4.96. The molecule has 1 aromatic heterocycles. The summed E-state index contributed by atoms with van der Waals surface area (Å²) in [6.07, 6.45) is -2.40. The molecular weight excluding hydrogens is 381 g/mol. The first-order valence-corrected chi connectivity index (χ1v) is 9.90. The Bertz CT molecular complexity index is 1010. The predicted octanol–water partition coefficient (Wildman–Crippen LogP) is 2.95. The van der Waals surface area contributed by atoms with Crippen molar-refractivity contribution >= 4 is 9.84 Å². The van der Waals surface area contributed by atoms with Gasteiger partial charge in [-0.25, -0.2) is 8.42 Å². The molecule has 0 amide bonds. The van der Waals surface area contributed by atoms with Gasteiger partial charge in [-0.15, -0.1) is 0 Å². The van der Waals surface area contributed by atoms with Crippen LogP contribution in [0.2, 0.25) is 0 Å². The maximum absolute atomic E-state index is 12.9. The summed E-state index contributed by atoms with van der Waals surface area (Å²) in [5.41, 5.74) is -0.388. The zero-order valence-corrected chi connectivity index (χ0v) is 15.2. The van der Waals surface area contributed by atoms with Crippen molar-refractivity contribution in [2.24, 2.45) is 0 Å². The van der Waals surface area contributed by atoms with Crippen molar-refractivity contribution in [1.29, 1.82) is 0 Å². The van der Waals surface area contributed by atoms with E-state index in [9.17, 15) is 21.6 Å². The van der Waals surface area contributed by atoms with Crippen molar-refractivity contribution in [1.82, 2.24) is 10.3 Å². The highest BCUT2D eigenvalue weighted by Crippen LogP contribution is 2.47. The Morgan fingerprint density at radius 3 is 2.74 bits per heavy atom. The zero-order chi connectivity index (χ0) is 19.4. The Hall–Kier alpha value is -2.13. The molecule has 1 fully saturated rings. The highest BCUT2D eigenvalue weighted by atomic mass is 32.2. The smallest absolute Gasteiger partial charge is 0.417 e. The molecule has 0 saturated carbocycles. The molecule has 2 atom stereocenters. The van der Waals surface area contributed by atoms with E-state index in [1.807, 2.05) is 0 Å². The number of fused-ring (bicyclic) bond motifs is 3. The summed E-state index contributed by atoms with van der Waals surface area (Å²) in [7, 11) is -4.15. The zero-order valence-electron chi connectivity index (χ0n) is 14.4. The van der Waals surface area contributed by atoms with Crippen molar-refractivity contribution in [2.45, 2.75) is 40.8 Å². The summed E-state index contributed by atoms with van der Waals surface area (Å²) >= 11 is 0. The van der Waals surface area contributed by atoms with Crippen molar-refractivity contribution < 1.29 is 26.3 Å². The first-order valence-electron chi connectivity index (χ1n) is 8.42. The third kappa shape index (κ3) is 2.89. The van der Waals surface area contributed by atoms with Gasteiger partial charge in [0.1, 0.15) is 11.9 Å². The molecule has 27 heavy (non-hydrogen) atoms. The molecule has 9 heteroatoms. The lowest BCUT2D eigenvalue weighted by atomic mass is 9.74. The quantitative estimate of drug-likeness (QED) is 0.843. The number of ether oxygens (including phenoxy) is 1. The van der Waals surface area contributed by atoms with Gasteiger partial charge in [0.05, 0.1) is 15.4 Å². The molecular formula is C18H17F3N2O3S. The minimum absolute atomic E-state index is 0.102. The van der Waals surface area contributed by atoms with E-state index in [0.717, 1.165) is 24.7 Å². The van der Waals surface area contributed by atoms with Crippen LogP contribution < -0.4 is 10.1 Å².